The van der Waals surface area contributed by atoms with Crippen LogP contribution < -0.4 is 4.74 Å². The molecule has 1 aromatic carbocycles. The van der Waals surface area contributed by atoms with Gasteiger partial charge in [0.1, 0.15) is 11.2 Å². The van der Waals surface area contributed by atoms with Gasteiger partial charge in [0.05, 0.1) is 22.7 Å². The highest BCUT2D eigenvalue weighted by atomic mass is 79.9. The van der Waals surface area contributed by atoms with Crippen LogP contribution in [-0.4, -0.2) is 33.7 Å². The van der Waals surface area contributed by atoms with Gasteiger partial charge in [0.15, 0.2) is 11.4 Å². The van der Waals surface area contributed by atoms with E-state index in [-0.39, 0.29) is 6.61 Å². The standard InChI is InChI=1S/C20H21BrCl2N4O/c1-4-26(5-2)12-24-16-9-8-15(22)14(18(16)23)11-28-17-7-6-10-27-19(21)13(3)25-20(17)27/h6-10,12H,4-5,11H2,1-3H3. The second-order valence-corrected chi connectivity index (χ2v) is 7.70. The largest absolute Gasteiger partial charge is 0.485 e. The number of hydrogen-bond donors (Lipinski definition) is 0. The number of ether oxygens (including phenoxy) is 1. The lowest BCUT2D eigenvalue weighted by Crippen LogP contribution is -2.20. The lowest BCUT2D eigenvalue weighted by molar-refractivity contribution is 0.308. The average molecular weight is 484 g/mol. The normalized spacial score (nSPS) is 11.5. The Morgan fingerprint density at radius 1 is 1.25 bits per heavy atom. The molecule has 0 saturated carbocycles. The molecule has 0 fully saturated rings. The highest BCUT2D eigenvalue weighted by Crippen LogP contribution is 2.35. The van der Waals surface area contributed by atoms with Gasteiger partial charge in [-0.05, 0) is 61.0 Å². The van der Waals surface area contributed by atoms with E-state index in [4.69, 9.17) is 27.9 Å². The number of aryl methyl sites for hydroxylation is 1. The Hall–Kier alpha value is -1.76. The van der Waals surface area contributed by atoms with Crippen LogP contribution in [0.4, 0.5) is 5.69 Å². The van der Waals surface area contributed by atoms with Gasteiger partial charge < -0.3 is 9.64 Å². The molecular weight excluding hydrogens is 463 g/mol. The summed E-state index contributed by atoms with van der Waals surface area (Å²) in [6.45, 7) is 8.07. The summed E-state index contributed by atoms with van der Waals surface area (Å²) < 4.78 is 8.85. The average Bonchev–Trinajstić information content (AvgIpc) is 2.99. The number of pyridine rings is 1. The molecule has 0 atom stereocenters. The minimum atomic E-state index is 0.218. The molecule has 0 saturated heterocycles. The smallest absolute Gasteiger partial charge is 0.180 e. The second kappa shape index (κ2) is 9.16. The fourth-order valence-electron chi connectivity index (χ4n) is 2.74. The minimum Gasteiger partial charge on any atom is -0.485 e. The fraction of sp³-hybridized carbons (Fsp3) is 0.300. The number of hydrogen-bond acceptors (Lipinski definition) is 3. The molecule has 0 N–H and O–H groups in total. The van der Waals surface area contributed by atoms with E-state index in [1.54, 1.807) is 12.4 Å². The van der Waals surface area contributed by atoms with Crippen molar-refractivity contribution in [2.24, 2.45) is 4.99 Å². The van der Waals surface area contributed by atoms with Gasteiger partial charge in [-0.3, -0.25) is 4.40 Å². The Kier molecular flexibility index (Phi) is 6.86. The summed E-state index contributed by atoms with van der Waals surface area (Å²) in [6.07, 6.45) is 3.72. The molecule has 28 heavy (non-hydrogen) atoms. The quantitative estimate of drug-likeness (QED) is 0.292. The number of nitrogens with zero attached hydrogens (tertiary/aromatic N) is 4. The molecule has 0 bridgehead atoms. The van der Waals surface area contributed by atoms with Crippen LogP contribution in [-0.2, 0) is 6.61 Å². The van der Waals surface area contributed by atoms with Crippen molar-refractivity contribution in [3.63, 3.8) is 0 Å². The highest BCUT2D eigenvalue weighted by molar-refractivity contribution is 9.10. The van der Waals surface area contributed by atoms with E-state index in [1.165, 1.54) is 0 Å². The van der Waals surface area contributed by atoms with Gasteiger partial charge in [-0.2, -0.15) is 0 Å². The number of benzene rings is 1. The summed E-state index contributed by atoms with van der Waals surface area (Å²) in [5.74, 6) is 0.653. The van der Waals surface area contributed by atoms with Crippen molar-refractivity contribution in [2.75, 3.05) is 13.1 Å². The zero-order valence-electron chi connectivity index (χ0n) is 15.9. The molecular formula is C20H21BrCl2N4O. The van der Waals surface area contributed by atoms with Crippen LogP contribution in [0.1, 0.15) is 25.1 Å². The summed E-state index contributed by atoms with van der Waals surface area (Å²) >= 11 is 16.5. The Morgan fingerprint density at radius 3 is 2.71 bits per heavy atom. The number of halogens is 3. The third-order valence-electron chi connectivity index (χ3n) is 4.43. The van der Waals surface area contributed by atoms with E-state index in [1.807, 2.05) is 35.7 Å². The van der Waals surface area contributed by atoms with Crippen LogP contribution in [0.3, 0.4) is 0 Å². The van der Waals surface area contributed by atoms with Crippen LogP contribution in [0.2, 0.25) is 10.0 Å². The molecule has 3 rings (SSSR count). The molecule has 0 spiro atoms. The first-order valence-electron chi connectivity index (χ1n) is 8.97. The van der Waals surface area contributed by atoms with Gasteiger partial charge in [0.2, 0.25) is 0 Å². The van der Waals surface area contributed by atoms with Gasteiger partial charge in [-0.15, -0.1) is 0 Å². The highest BCUT2D eigenvalue weighted by Gasteiger charge is 2.14. The molecule has 0 aliphatic carbocycles. The molecule has 2 heterocycles. The zero-order valence-corrected chi connectivity index (χ0v) is 19.0. The molecule has 0 radical (unpaired) electrons. The van der Waals surface area contributed by atoms with Crippen LogP contribution in [0.25, 0.3) is 5.65 Å². The molecule has 0 amide bonds. The number of fused-ring (bicyclic) bond motifs is 1. The number of aromatic nitrogens is 2. The molecule has 0 unspecified atom stereocenters. The van der Waals surface area contributed by atoms with E-state index in [0.29, 0.717) is 27.0 Å². The van der Waals surface area contributed by atoms with Crippen LogP contribution in [0.15, 0.2) is 40.1 Å². The molecule has 5 nitrogen and oxygen atoms in total. The molecule has 2 aromatic heterocycles. The maximum atomic E-state index is 6.57. The number of rotatable bonds is 7. The Labute approximate surface area is 183 Å². The predicted octanol–water partition coefficient (Wildman–Crippen LogP) is 6.29. The molecule has 0 aliphatic heterocycles. The molecule has 8 heteroatoms. The Balaban J connectivity index is 1.87. The second-order valence-electron chi connectivity index (χ2n) is 6.17. The first kappa shape index (κ1) is 21.0. The van der Waals surface area contributed by atoms with E-state index < -0.39 is 0 Å². The third kappa shape index (κ3) is 4.29. The van der Waals surface area contributed by atoms with Gasteiger partial charge >= 0.3 is 0 Å². The van der Waals surface area contributed by atoms with E-state index in [9.17, 15) is 0 Å². The Morgan fingerprint density at radius 2 is 2.00 bits per heavy atom. The fourth-order valence-corrected chi connectivity index (χ4v) is 3.64. The predicted molar refractivity (Wildman–Crippen MR) is 119 cm³/mol. The van der Waals surface area contributed by atoms with E-state index >= 15 is 0 Å². The van der Waals surface area contributed by atoms with Crippen molar-refractivity contribution in [3.05, 3.63) is 56.4 Å². The van der Waals surface area contributed by atoms with Gasteiger partial charge in [0, 0.05) is 29.9 Å². The van der Waals surface area contributed by atoms with Gasteiger partial charge in [-0.1, -0.05) is 23.2 Å². The monoisotopic (exact) mass is 482 g/mol. The summed E-state index contributed by atoms with van der Waals surface area (Å²) in [5.41, 5.74) is 2.98. The van der Waals surface area contributed by atoms with E-state index in [0.717, 1.165) is 29.0 Å². The van der Waals surface area contributed by atoms with E-state index in [2.05, 4.69) is 44.7 Å². The zero-order chi connectivity index (χ0) is 20.3. The molecule has 0 aliphatic rings. The number of imidazole rings is 1. The topological polar surface area (TPSA) is 42.1 Å². The summed E-state index contributed by atoms with van der Waals surface area (Å²) in [7, 11) is 0. The van der Waals surface area contributed by atoms with Crippen molar-refractivity contribution in [2.45, 2.75) is 27.4 Å². The molecule has 148 valence electrons. The SMILES string of the molecule is CCN(C=Nc1ccc(Cl)c(COc2cccn3c(Br)c(C)nc23)c1Cl)CC. The van der Waals surface area contributed by atoms with Gasteiger partial charge in [-0.25, -0.2) is 9.98 Å². The summed E-state index contributed by atoms with van der Waals surface area (Å²) in [5, 5.41) is 1.03. The molecule has 3 aromatic rings. The van der Waals surface area contributed by atoms with Crippen LogP contribution in [0, 0.1) is 6.92 Å². The first-order valence-corrected chi connectivity index (χ1v) is 10.5. The van der Waals surface area contributed by atoms with Crippen molar-refractivity contribution in [1.82, 2.24) is 14.3 Å². The van der Waals surface area contributed by atoms with Gasteiger partial charge in [0.25, 0.3) is 0 Å². The van der Waals surface area contributed by atoms with Crippen LogP contribution >= 0.6 is 39.1 Å². The maximum Gasteiger partial charge on any atom is 0.180 e. The maximum absolute atomic E-state index is 6.57. The van der Waals surface area contributed by atoms with Crippen molar-refractivity contribution in [3.8, 4) is 5.75 Å². The minimum absolute atomic E-state index is 0.218. The van der Waals surface area contributed by atoms with Crippen molar-refractivity contribution >= 4 is 56.8 Å². The third-order valence-corrected chi connectivity index (χ3v) is 6.16. The van der Waals surface area contributed by atoms with Crippen molar-refractivity contribution in [1.29, 1.82) is 0 Å². The lowest BCUT2D eigenvalue weighted by atomic mass is 10.2. The summed E-state index contributed by atoms with van der Waals surface area (Å²) in [4.78, 5) is 11.1. The number of aliphatic imine (C=N–C) groups is 1. The van der Waals surface area contributed by atoms with Crippen LogP contribution in [0.5, 0.6) is 5.75 Å². The summed E-state index contributed by atoms with van der Waals surface area (Å²) in [6, 6.07) is 7.38. The first-order chi connectivity index (χ1) is 13.5. The Bertz CT molecular complexity index is 1020. The van der Waals surface area contributed by atoms with Crippen molar-refractivity contribution < 1.29 is 4.74 Å². The lowest BCUT2D eigenvalue weighted by Gasteiger charge is -2.15.